The minimum Gasteiger partial charge on any atom is -0.464 e. The molecule has 0 saturated carbocycles. The van der Waals surface area contributed by atoms with Crippen LogP contribution in [0.3, 0.4) is 0 Å². The van der Waals surface area contributed by atoms with Crippen LogP contribution in [0.5, 0.6) is 0 Å². The number of hydrogen-bond acceptors (Lipinski definition) is 6. The molecule has 0 radical (unpaired) electrons. The highest BCUT2D eigenvalue weighted by Gasteiger charge is 2.38. The number of nitrogens with zero attached hydrogens (tertiary/aromatic N) is 2. The Morgan fingerprint density at radius 1 is 1.05 bits per heavy atom. The minimum atomic E-state index is -0.947. The van der Waals surface area contributed by atoms with E-state index >= 15 is 0 Å². The fourth-order valence-corrected chi connectivity index (χ4v) is 5.86. The van der Waals surface area contributed by atoms with Gasteiger partial charge in [0, 0.05) is 18.8 Å². The van der Waals surface area contributed by atoms with Crippen molar-refractivity contribution in [1.82, 2.24) is 15.1 Å². The molecule has 0 spiro atoms. The predicted molar refractivity (Wildman–Crippen MR) is 153 cm³/mol. The van der Waals surface area contributed by atoms with Gasteiger partial charge in [0.1, 0.15) is 11.8 Å². The van der Waals surface area contributed by atoms with Crippen molar-refractivity contribution in [3.63, 3.8) is 0 Å². The molecule has 8 heteroatoms. The number of carbonyl (C=O) groups is 2. The molecule has 3 aromatic rings. The largest absolute Gasteiger partial charge is 0.464 e. The Hall–Kier alpha value is -3.91. The fraction of sp³-hybridized carbons (Fsp3) is 0.406. The first-order valence-corrected chi connectivity index (χ1v) is 14.2. The van der Waals surface area contributed by atoms with Gasteiger partial charge in [-0.25, -0.2) is 9.59 Å². The first kappa shape index (κ1) is 27.6. The molecule has 40 heavy (non-hydrogen) atoms. The molecule has 0 aliphatic carbocycles. The van der Waals surface area contributed by atoms with Gasteiger partial charge < -0.3 is 14.5 Å². The number of fused-ring (bicyclic) bond motifs is 1. The van der Waals surface area contributed by atoms with E-state index in [1.54, 1.807) is 43.0 Å². The number of carbonyl (C=O) groups excluding carboxylic acids is 2. The van der Waals surface area contributed by atoms with E-state index in [2.05, 4.69) is 34.5 Å². The molecule has 2 aromatic carbocycles. The average Bonchev–Trinajstić information content (AvgIpc) is 2.96. The molecular weight excluding hydrogens is 506 g/mol. The van der Waals surface area contributed by atoms with Crippen molar-refractivity contribution in [2.45, 2.75) is 52.1 Å². The highest BCUT2D eigenvalue weighted by Crippen LogP contribution is 2.32. The Morgan fingerprint density at radius 2 is 1.77 bits per heavy atom. The molecule has 1 saturated heterocycles. The maximum atomic E-state index is 13.3. The van der Waals surface area contributed by atoms with Crippen LogP contribution >= 0.6 is 0 Å². The van der Waals surface area contributed by atoms with E-state index in [0.29, 0.717) is 29.1 Å². The van der Waals surface area contributed by atoms with E-state index < -0.39 is 12.0 Å². The summed E-state index contributed by atoms with van der Waals surface area (Å²) in [4.78, 5) is 43.8. The lowest BCUT2D eigenvalue weighted by atomic mass is 9.91. The Kier molecular flexibility index (Phi) is 8.65. The van der Waals surface area contributed by atoms with Crippen LogP contribution in [0.15, 0.2) is 81.3 Å². The summed E-state index contributed by atoms with van der Waals surface area (Å²) in [6, 6.07) is 16.2. The average molecular weight is 544 g/mol. The maximum Gasteiger partial charge on any atom is 0.338 e. The van der Waals surface area contributed by atoms with E-state index in [4.69, 9.17) is 9.15 Å². The van der Waals surface area contributed by atoms with Crippen molar-refractivity contribution in [3.05, 3.63) is 93.5 Å². The molecule has 2 aliphatic rings. The molecular formula is C32H37N3O5. The van der Waals surface area contributed by atoms with Crippen LogP contribution in [0.1, 0.15) is 56.7 Å². The number of benzene rings is 2. The second-order valence-corrected chi connectivity index (χ2v) is 10.6. The Labute approximate surface area is 234 Å². The normalized spacial score (nSPS) is 18.7. The predicted octanol–water partition coefficient (Wildman–Crippen LogP) is 5.39. The summed E-state index contributed by atoms with van der Waals surface area (Å²) in [5, 5.41) is 3.28. The number of likely N-dealkylation sites (tertiary alicyclic amines) is 1. The molecule has 1 unspecified atom stereocenters. The topological polar surface area (TPSA) is 92.1 Å². The molecule has 1 atom stereocenters. The number of amides is 2. The lowest BCUT2D eigenvalue weighted by molar-refractivity contribution is -0.139. The van der Waals surface area contributed by atoms with Gasteiger partial charge in [0.15, 0.2) is 5.43 Å². The zero-order valence-corrected chi connectivity index (χ0v) is 23.2. The third-order valence-electron chi connectivity index (χ3n) is 8.06. The van der Waals surface area contributed by atoms with Crippen molar-refractivity contribution in [2.75, 3.05) is 26.2 Å². The van der Waals surface area contributed by atoms with E-state index in [1.807, 2.05) is 6.07 Å². The van der Waals surface area contributed by atoms with Crippen LogP contribution in [0.25, 0.3) is 11.0 Å². The van der Waals surface area contributed by atoms with Gasteiger partial charge >= 0.3 is 12.0 Å². The first-order valence-electron chi connectivity index (χ1n) is 14.2. The van der Waals surface area contributed by atoms with Crippen LogP contribution in [-0.4, -0.2) is 48.0 Å². The zero-order chi connectivity index (χ0) is 28.1. The zero-order valence-electron chi connectivity index (χ0n) is 23.2. The van der Waals surface area contributed by atoms with Gasteiger partial charge in [0.25, 0.3) is 0 Å². The lowest BCUT2D eigenvalue weighted by Gasteiger charge is -2.36. The molecule has 3 heterocycles. The van der Waals surface area contributed by atoms with Crippen LogP contribution < -0.4 is 10.7 Å². The van der Waals surface area contributed by atoms with Crippen LogP contribution in [-0.2, 0) is 16.1 Å². The molecule has 5 rings (SSSR count). The van der Waals surface area contributed by atoms with E-state index in [1.165, 1.54) is 11.8 Å². The summed E-state index contributed by atoms with van der Waals surface area (Å²) in [5.41, 5.74) is 2.49. The monoisotopic (exact) mass is 543 g/mol. The number of nitrogens with one attached hydrogen (secondary N) is 1. The SMILES string of the molecule is CCOC(=O)C1=C(C)N(CCCC2CCN(Cc3ccccc3)CC2)C(=O)NC1c1coc2ccccc2c1=O. The number of hydrogen-bond donors (Lipinski definition) is 1. The van der Waals surface area contributed by atoms with Gasteiger partial charge in [-0.1, -0.05) is 42.5 Å². The summed E-state index contributed by atoms with van der Waals surface area (Å²) >= 11 is 0. The number of esters is 1. The fourth-order valence-electron chi connectivity index (χ4n) is 5.86. The molecule has 1 N–H and O–H groups in total. The number of piperidine rings is 1. The van der Waals surface area contributed by atoms with Crippen molar-refractivity contribution < 1.29 is 18.7 Å². The number of urea groups is 1. The standard InChI is InChI=1S/C32H37N3O5/c1-3-39-31(37)28-22(2)35(17-9-12-23-15-18-34(19-16-23)20-24-10-5-4-6-11-24)32(38)33-29(28)26-21-40-27-14-8-7-13-25(27)30(26)36/h4-8,10-11,13-14,21,23,29H,3,9,12,15-20H2,1-2H3,(H,33,38). The Morgan fingerprint density at radius 3 is 2.52 bits per heavy atom. The van der Waals surface area contributed by atoms with Crippen molar-refractivity contribution >= 4 is 23.0 Å². The number of rotatable bonds is 9. The maximum absolute atomic E-state index is 13.3. The molecule has 2 aliphatic heterocycles. The number of ether oxygens (including phenoxy) is 1. The lowest BCUT2D eigenvalue weighted by Crippen LogP contribution is -2.49. The number of para-hydroxylation sites is 1. The van der Waals surface area contributed by atoms with E-state index in [-0.39, 0.29) is 29.2 Å². The second kappa shape index (κ2) is 12.5. The van der Waals surface area contributed by atoms with Crippen molar-refractivity contribution in [1.29, 1.82) is 0 Å². The third kappa shape index (κ3) is 5.97. The second-order valence-electron chi connectivity index (χ2n) is 10.6. The Balaban J connectivity index is 1.26. The van der Waals surface area contributed by atoms with Gasteiger partial charge in [-0.15, -0.1) is 0 Å². The van der Waals surface area contributed by atoms with Gasteiger partial charge in [-0.05, 0) is 76.2 Å². The molecule has 2 amide bonds. The highest BCUT2D eigenvalue weighted by atomic mass is 16.5. The number of allylic oxidation sites excluding steroid dienone is 1. The van der Waals surface area contributed by atoms with Crippen LogP contribution in [0.2, 0.25) is 0 Å². The summed E-state index contributed by atoms with van der Waals surface area (Å²) in [5.74, 6) is 0.0667. The van der Waals surface area contributed by atoms with Gasteiger partial charge in [0.2, 0.25) is 0 Å². The molecule has 0 bridgehead atoms. The minimum absolute atomic E-state index is 0.186. The summed E-state index contributed by atoms with van der Waals surface area (Å²) in [6.07, 6.45) is 5.46. The van der Waals surface area contributed by atoms with Crippen molar-refractivity contribution in [3.8, 4) is 0 Å². The van der Waals surface area contributed by atoms with Gasteiger partial charge in [-0.3, -0.25) is 14.6 Å². The van der Waals surface area contributed by atoms with E-state index in [0.717, 1.165) is 45.3 Å². The summed E-state index contributed by atoms with van der Waals surface area (Å²) in [6.45, 7) is 7.30. The smallest absolute Gasteiger partial charge is 0.338 e. The quantitative estimate of drug-likeness (QED) is 0.364. The molecule has 8 nitrogen and oxygen atoms in total. The summed E-state index contributed by atoms with van der Waals surface area (Å²) < 4.78 is 11.0. The Bertz CT molecular complexity index is 1440. The third-order valence-corrected chi connectivity index (χ3v) is 8.06. The molecule has 210 valence electrons. The van der Waals surface area contributed by atoms with Gasteiger partial charge in [0.05, 0.1) is 29.2 Å². The van der Waals surface area contributed by atoms with E-state index in [9.17, 15) is 14.4 Å². The molecule has 1 aromatic heterocycles. The highest BCUT2D eigenvalue weighted by molar-refractivity contribution is 5.95. The first-order chi connectivity index (χ1) is 19.5. The van der Waals surface area contributed by atoms with Crippen molar-refractivity contribution in [2.24, 2.45) is 5.92 Å². The van der Waals surface area contributed by atoms with Crippen LogP contribution in [0.4, 0.5) is 4.79 Å². The summed E-state index contributed by atoms with van der Waals surface area (Å²) in [7, 11) is 0. The van der Waals surface area contributed by atoms with Crippen LogP contribution in [0, 0.1) is 5.92 Å². The van der Waals surface area contributed by atoms with Gasteiger partial charge in [-0.2, -0.15) is 0 Å². The molecule has 1 fully saturated rings.